The Labute approximate surface area is 150 Å². The monoisotopic (exact) mass is 355 g/mol. The largest absolute Gasteiger partial charge is 0.478 e. The van der Waals surface area contributed by atoms with Crippen LogP contribution in [0.5, 0.6) is 0 Å². The summed E-state index contributed by atoms with van der Waals surface area (Å²) in [6, 6.07) is 16.5. The molecule has 6 heteroatoms. The van der Waals surface area contributed by atoms with E-state index in [0.717, 1.165) is 16.8 Å². The maximum atomic E-state index is 11.5. The van der Waals surface area contributed by atoms with E-state index in [2.05, 4.69) is 10.2 Å². The summed E-state index contributed by atoms with van der Waals surface area (Å²) in [5.74, 6) is -0.962. The number of carboxylic acids is 1. The lowest BCUT2D eigenvalue weighted by Gasteiger charge is -2.28. The van der Waals surface area contributed by atoms with Crippen molar-refractivity contribution in [1.29, 1.82) is 0 Å². The second-order valence-corrected chi connectivity index (χ2v) is 6.15. The molecule has 128 valence electrons. The van der Waals surface area contributed by atoms with Crippen LogP contribution in [0.4, 0.5) is 5.69 Å². The van der Waals surface area contributed by atoms with E-state index in [-0.39, 0.29) is 11.6 Å². The Morgan fingerprint density at radius 1 is 1.16 bits per heavy atom. The number of para-hydroxylation sites is 1. The third-order valence-corrected chi connectivity index (χ3v) is 4.61. The van der Waals surface area contributed by atoms with Crippen molar-refractivity contribution in [2.75, 3.05) is 11.9 Å². The highest BCUT2D eigenvalue weighted by molar-refractivity contribution is 6.30. The van der Waals surface area contributed by atoms with E-state index < -0.39 is 5.97 Å². The fraction of sp³-hybridized carbons (Fsp3) is 0.158. The van der Waals surface area contributed by atoms with E-state index >= 15 is 0 Å². The quantitative estimate of drug-likeness (QED) is 0.700. The first-order chi connectivity index (χ1) is 12.0. The van der Waals surface area contributed by atoms with Crippen LogP contribution in [0.15, 0.2) is 54.6 Å². The third kappa shape index (κ3) is 3.23. The smallest absolute Gasteiger partial charge is 0.337 e. The molecule has 3 aromatic rings. The molecule has 1 heterocycles. The number of hydrogen-bond donors (Lipinski definition) is 2. The molecule has 0 saturated heterocycles. The first kappa shape index (κ1) is 17.0. The van der Waals surface area contributed by atoms with Crippen molar-refractivity contribution in [3.05, 3.63) is 70.9 Å². The van der Waals surface area contributed by atoms with E-state index in [1.165, 1.54) is 0 Å². The lowest BCUT2D eigenvalue weighted by molar-refractivity contribution is 0.0697. The Morgan fingerprint density at radius 2 is 1.80 bits per heavy atom. The summed E-state index contributed by atoms with van der Waals surface area (Å²) in [5, 5.41) is 17.1. The minimum absolute atomic E-state index is 0.179. The molecule has 1 aromatic heterocycles. The minimum Gasteiger partial charge on any atom is -0.478 e. The average molecular weight is 356 g/mol. The van der Waals surface area contributed by atoms with Crippen molar-refractivity contribution in [1.82, 2.24) is 10.2 Å². The van der Waals surface area contributed by atoms with Crippen molar-refractivity contribution in [2.24, 2.45) is 0 Å². The molecule has 0 spiro atoms. The molecule has 0 fully saturated rings. The molecule has 0 aliphatic carbocycles. The number of rotatable bonds is 5. The normalized spacial score (nSPS) is 12.0. The molecule has 25 heavy (non-hydrogen) atoms. The number of carboxylic acid groups (broad SMARTS) is 1. The molecule has 3 rings (SSSR count). The van der Waals surface area contributed by atoms with Gasteiger partial charge in [-0.15, -0.1) is 0 Å². The van der Waals surface area contributed by atoms with Crippen molar-refractivity contribution in [3.8, 4) is 11.3 Å². The Balaban J connectivity index is 2.04. The van der Waals surface area contributed by atoms with Crippen molar-refractivity contribution in [2.45, 2.75) is 13.0 Å². The summed E-state index contributed by atoms with van der Waals surface area (Å²) in [6.45, 7) is 1.97. The average Bonchev–Trinajstić information content (AvgIpc) is 3.02. The van der Waals surface area contributed by atoms with Gasteiger partial charge in [0.15, 0.2) is 0 Å². The number of aromatic amines is 1. The van der Waals surface area contributed by atoms with E-state index in [1.54, 1.807) is 18.2 Å². The predicted octanol–water partition coefficient (Wildman–Crippen LogP) is 4.63. The van der Waals surface area contributed by atoms with Crippen LogP contribution in [0.1, 0.15) is 28.9 Å². The Morgan fingerprint density at radius 3 is 2.48 bits per heavy atom. The number of nitrogens with one attached hydrogen (secondary N) is 1. The molecule has 0 radical (unpaired) electrons. The molecule has 1 atom stereocenters. The summed E-state index contributed by atoms with van der Waals surface area (Å²) in [6.07, 6.45) is 0. The summed E-state index contributed by atoms with van der Waals surface area (Å²) in [5.41, 5.74) is 3.41. The van der Waals surface area contributed by atoms with Gasteiger partial charge in [-0.1, -0.05) is 54.1 Å². The van der Waals surface area contributed by atoms with Crippen LogP contribution in [0.25, 0.3) is 11.3 Å². The lowest BCUT2D eigenvalue weighted by Crippen LogP contribution is -2.24. The van der Waals surface area contributed by atoms with Gasteiger partial charge >= 0.3 is 5.97 Å². The molecular weight excluding hydrogens is 338 g/mol. The molecule has 0 bridgehead atoms. The van der Waals surface area contributed by atoms with Gasteiger partial charge in [0.05, 0.1) is 23.0 Å². The van der Waals surface area contributed by atoms with Gasteiger partial charge in [-0.05, 0) is 19.1 Å². The van der Waals surface area contributed by atoms with Crippen molar-refractivity contribution in [3.63, 3.8) is 0 Å². The summed E-state index contributed by atoms with van der Waals surface area (Å²) in [7, 11) is 1.85. The number of hydrogen-bond acceptors (Lipinski definition) is 3. The van der Waals surface area contributed by atoms with Crippen LogP contribution in [0.3, 0.4) is 0 Å². The second kappa shape index (κ2) is 6.99. The van der Waals surface area contributed by atoms with E-state index in [4.69, 9.17) is 11.6 Å². The fourth-order valence-electron chi connectivity index (χ4n) is 2.89. The molecule has 2 N–H and O–H groups in total. The number of aromatic nitrogens is 2. The van der Waals surface area contributed by atoms with Crippen LogP contribution < -0.4 is 4.90 Å². The number of anilines is 1. The van der Waals surface area contributed by atoms with Crippen LogP contribution in [0.2, 0.25) is 5.15 Å². The summed E-state index contributed by atoms with van der Waals surface area (Å²) in [4.78, 5) is 13.4. The van der Waals surface area contributed by atoms with Gasteiger partial charge in [0.1, 0.15) is 5.15 Å². The third-order valence-electron chi connectivity index (χ3n) is 4.32. The maximum absolute atomic E-state index is 11.5. The van der Waals surface area contributed by atoms with Gasteiger partial charge in [-0.2, -0.15) is 5.10 Å². The highest BCUT2D eigenvalue weighted by Gasteiger charge is 2.25. The van der Waals surface area contributed by atoms with Crippen molar-refractivity contribution < 1.29 is 9.90 Å². The van der Waals surface area contributed by atoms with Gasteiger partial charge in [-0.25, -0.2) is 4.79 Å². The van der Waals surface area contributed by atoms with Crippen LogP contribution in [-0.4, -0.2) is 28.3 Å². The number of aromatic carboxylic acids is 1. The standard InChI is InChI=1S/C19H18ClN3O2/c1-12(23(2)15-11-7-6-10-14(15)19(24)25)16-17(21-22-18(16)20)13-8-4-3-5-9-13/h3-12H,1-2H3,(H,21,22)(H,24,25). The Bertz CT molecular complexity index is 893. The van der Waals surface area contributed by atoms with Gasteiger partial charge in [-0.3, -0.25) is 5.10 Å². The molecule has 2 aromatic carbocycles. The number of nitrogens with zero attached hydrogens (tertiary/aromatic N) is 2. The van der Waals surface area contributed by atoms with E-state index in [9.17, 15) is 9.90 Å². The number of H-pyrrole nitrogens is 1. The zero-order chi connectivity index (χ0) is 18.0. The zero-order valence-corrected chi connectivity index (χ0v) is 14.7. The molecule has 5 nitrogen and oxygen atoms in total. The topological polar surface area (TPSA) is 69.2 Å². The Hall–Kier alpha value is -2.79. The van der Waals surface area contributed by atoms with Crippen LogP contribution in [-0.2, 0) is 0 Å². The van der Waals surface area contributed by atoms with Crippen LogP contribution in [0, 0.1) is 0 Å². The van der Waals surface area contributed by atoms with Crippen molar-refractivity contribution >= 4 is 23.3 Å². The second-order valence-electron chi connectivity index (χ2n) is 5.78. The highest BCUT2D eigenvalue weighted by Crippen LogP contribution is 2.36. The molecule has 0 aliphatic heterocycles. The first-order valence-electron chi connectivity index (χ1n) is 7.85. The molecule has 0 amide bonds. The SMILES string of the molecule is CC(c1c(-c2ccccc2)n[nH]c1Cl)N(C)c1ccccc1C(=O)O. The molecule has 0 aliphatic rings. The van der Waals surface area contributed by atoms with Gasteiger partial charge in [0.2, 0.25) is 0 Å². The van der Waals surface area contributed by atoms with Crippen LogP contribution >= 0.6 is 11.6 Å². The number of carbonyl (C=O) groups is 1. The highest BCUT2D eigenvalue weighted by atomic mass is 35.5. The molecule has 1 unspecified atom stereocenters. The van der Waals surface area contributed by atoms with E-state index in [1.807, 2.05) is 55.3 Å². The predicted molar refractivity (Wildman–Crippen MR) is 99.3 cm³/mol. The first-order valence-corrected chi connectivity index (χ1v) is 8.22. The number of halogens is 1. The Kier molecular flexibility index (Phi) is 4.76. The van der Waals surface area contributed by atoms with Gasteiger partial charge in [0, 0.05) is 18.2 Å². The van der Waals surface area contributed by atoms with Gasteiger partial charge < -0.3 is 10.0 Å². The van der Waals surface area contributed by atoms with Gasteiger partial charge in [0.25, 0.3) is 0 Å². The lowest BCUT2D eigenvalue weighted by atomic mass is 10.0. The summed E-state index contributed by atoms with van der Waals surface area (Å²) >= 11 is 6.36. The summed E-state index contributed by atoms with van der Waals surface area (Å²) < 4.78 is 0. The molecule has 0 saturated carbocycles. The van der Waals surface area contributed by atoms with E-state index in [0.29, 0.717) is 10.8 Å². The minimum atomic E-state index is -0.962. The maximum Gasteiger partial charge on any atom is 0.337 e. The molecular formula is C19H18ClN3O2. The zero-order valence-electron chi connectivity index (χ0n) is 13.9. The fourth-order valence-corrected chi connectivity index (χ4v) is 3.18. The number of benzene rings is 2.